The maximum Gasteiger partial charge on any atom is 0.235 e. The van der Waals surface area contributed by atoms with Crippen molar-refractivity contribution in [1.82, 2.24) is 0 Å². The van der Waals surface area contributed by atoms with Crippen LogP contribution in [-0.2, 0) is 9.59 Å². The SMILES string of the molecule is Cc1cccc(N2CC(N=C=O)CC2=O)c1. The lowest BCUT2D eigenvalue weighted by Gasteiger charge is -2.16. The molecule has 1 amide bonds. The summed E-state index contributed by atoms with van der Waals surface area (Å²) in [4.78, 5) is 27.1. The molecule has 1 fully saturated rings. The van der Waals surface area contributed by atoms with Gasteiger partial charge in [0.25, 0.3) is 0 Å². The Morgan fingerprint density at radius 2 is 2.31 bits per heavy atom. The van der Waals surface area contributed by atoms with Crippen LogP contribution in [0.1, 0.15) is 12.0 Å². The number of hydrogen-bond acceptors (Lipinski definition) is 3. The highest BCUT2D eigenvalue weighted by atomic mass is 16.2. The lowest BCUT2D eigenvalue weighted by Crippen LogP contribution is -2.24. The lowest BCUT2D eigenvalue weighted by molar-refractivity contribution is -0.117. The first-order valence-corrected chi connectivity index (χ1v) is 5.14. The Bertz CT molecular complexity index is 464. The van der Waals surface area contributed by atoms with Crippen molar-refractivity contribution in [2.45, 2.75) is 19.4 Å². The zero-order valence-electron chi connectivity index (χ0n) is 9.01. The zero-order valence-corrected chi connectivity index (χ0v) is 9.01. The van der Waals surface area contributed by atoms with Crippen molar-refractivity contribution in [1.29, 1.82) is 0 Å². The van der Waals surface area contributed by atoms with Crippen LogP contribution in [0.15, 0.2) is 29.3 Å². The number of rotatable bonds is 2. The quantitative estimate of drug-likeness (QED) is 0.554. The largest absolute Gasteiger partial charge is 0.310 e. The predicted octanol–water partition coefficient (Wildman–Crippen LogP) is 1.44. The number of carbonyl (C=O) groups excluding carboxylic acids is 2. The summed E-state index contributed by atoms with van der Waals surface area (Å²) < 4.78 is 0. The molecule has 0 bridgehead atoms. The van der Waals surface area contributed by atoms with Crippen molar-refractivity contribution < 1.29 is 9.59 Å². The van der Waals surface area contributed by atoms with E-state index < -0.39 is 0 Å². The van der Waals surface area contributed by atoms with E-state index in [4.69, 9.17) is 0 Å². The van der Waals surface area contributed by atoms with Crippen LogP contribution in [0.25, 0.3) is 0 Å². The highest BCUT2D eigenvalue weighted by Gasteiger charge is 2.30. The highest BCUT2D eigenvalue weighted by Crippen LogP contribution is 2.23. The lowest BCUT2D eigenvalue weighted by atomic mass is 10.2. The number of amides is 1. The first kappa shape index (κ1) is 10.6. The molecule has 1 aliphatic rings. The van der Waals surface area contributed by atoms with E-state index in [0.29, 0.717) is 13.0 Å². The fraction of sp³-hybridized carbons (Fsp3) is 0.333. The van der Waals surface area contributed by atoms with Crippen LogP contribution in [0, 0.1) is 6.92 Å². The van der Waals surface area contributed by atoms with E-state index >= 15 is 0 Å². The van der Waals surface area contributed by atoms with Gasteiger partial charge in [0.05, 0.1) is 12.5 Å². The fourth-order valence-electron chi connectivity index (χ4n) is 1.90. The van der Waals surface area contributed by atoms with E-state index in [1.54, 1.807) is 4.90 Å². The van der Waals surface area contributed by atoms with Crippen LogP contribution in [0.4, 0.5) is 5.69 Å². The molecule has 1 atom stereocenters. The average Bonchev–Trinajstić information content (AvgIpc) is 2.60. The Morgan fingerprint density at radius 3 is 3.00 bits per heavy atom. The molecular formula is C12H12N2O2. The second-order valence-electron chi connectivity index (χ2n) is 3.92. The van der Waals surface area contributed by atoms with E-state index in [1.165, 1.54) is 6.08 Å². The molecular weight excluding hydrogens is 204 g/mol. The van der Waals surface area contributed by atoms with Gasteiger partial charge in [0.1, 0.15) is 0 Å². The van der Waals surface area contributed by atoms with Crippen molar-refractivity contribution in [3.8, 4) is 0 Å². The second-order valence-corrected chi connectivity index (χ2v) is 3.92. The molecule has 0 spiro atoms. The molecule has 1 aliphatic heterocycles. The zero-order chi connectivity index (χ0) is 11.5. The van der Waals surface area contributed by atoms with E-state index in [-0.39, 0.29) is 11.9 Å². The van der Waals surface area contributed by atoms with Crippen LogP contribution >= 0.6 is 0 Å². The van der Waals surface area contributed by atoms with Crippen LogP contribution in [0.3, 0.4) is 0 Å². The van der Waals surface area contributed by atoms with Gasteiger partial charge in [0.15, 0.2) is 0 Å². The summed E-state index contributed by atoms with van der Waals surface area (Å²) in [7, 11) is 0. The van der Waals surface area contributed by atoms with Crippen molar-refractivity contribution in [3.05, 3.63) is 29.8 Å². The minimum absolute atomic E-state index is 0.00889. The molecule has 4 heteroatoms. The molecule has 16 heavy (non-hydrogen) atoms. The highest BCUT2D eigenvalue weighted by molar-refractivity contribution is 5.96. The van der Waals surface area contributed by atoms with E-state index in [2.05, 4.69) is 4.99 Å². The minimum atomic E-state index is -0.245. The second kappa shape index (κ2) is 4.29. The number of anilines is 1. The van der Waals surface area contributed by atoms with Crippen LogP contribution in [0.2, 0.25) is 0 Å². The van der Waals surface area contributed by atoms with Crippen molar-refractivity contribution in [2.24, 2.45) is 4.99 Å². The van der Waals surface area contributed by atoms with Crippen LogP contribution in [0.5, 0.6) is 0 Å². The number of aliphatic imine (C=N–C) groups is 1. The number of hydrogen-bond donors (Lipinski definition) is 0. The maximum absolute atomic E-state index is 11.7. The Balaban J connectivity index is 2.23. The molecule has 4 nitrogen and oxygen atoms in total. The number of carbonyl (C=O) groups is 1. The minimum Gasteiger partial charge on any atom is -0.310 e. The topological polar surface area (TPSA) is 49.7 Å². The summed E-state index contributed by atoms with van der Waals surface area (Å²) in [6.07, 6.45) is 1.80. The molecule has 1 aromatic rings. The molecule has 1 heterocycles. The molecule has 0 radical (unpaired) electrons. The Kier molecular flexibility index (Phi) is 2.84. The number of nitrogens with zero attached hydrogens (tertiary/aromatic N) is 2. The van der Waals surface area contributed by atoms with Gasteiger partial charge < -0.3 is 4.90 Å². The maximum atomic E-state index is 11.7. The van der Waals surface area contributed by atoms with Gasteiger partial charge in [-0.15, -0.1) is 0 Å². The summed E-state index contributed by atoms with van der Waals surface area (Å²) in [5.41, 5.74) is 1.97. The van der Waals surface area contributed by atoms with Gasteiger partial charge in [-0.1, -0.05) is 12.1 Å². The average molecular weight is 216 g/mol. The number of aryl methyl sites for hydroxylation is 1. The third-order valence-electron chi connectivity index (χ3n) is 2.65. The molecule has 82 valence electrons. The standard InChI is InChI=1S/C12H12N2O2/c1-9-3-2-4-11(5-9)14-7-10(13-8-15)6-12(14)16/h2-5,10H,6-7H2,1H3. The summed E-state index contributed by atoms with van der Waals surface area (Å²) in [5.74, 6) is 0.00889. The van der Waals surface area contributed by atoms with Gasteiger partial charge in [-0.05, 0) is 24.6 Å². The molecule has 2 rings (SSSR count). The molecule has 1 saturated heterocycles. The third kappa shape index (κ3) is 2.02. The van der Waals surface area contributed by atoms with Crippen molar-refractivity contribution >= 4 is 17.7 Å². The smallest absolute Gasteiger partial charge is 0.235 e. The Hall–Kier alpha value is -1.93. The van der Waals surface area contributed by atoms with E-state index in [9.17, 15) is 9.59 Å². The molecule has 0 saturated carbocycles. The summed E-state index contributed by atoms with van der Waals surface area (Å²) in [6.45, 7) is 2.45. The molecule has 1 unspecified atom stereocenters. The Morgan fingerprint density at radius 1 is 1.50 bits per heavy atom. The van der Waals surface area contributed by atoms with E-state index in [0.717, 1.165) is 11.3 Å². The predicted molar refractivity (Wildman–Crippen MR) is 60.1 cm³/mol. The van der Waals surface area contributed by atoms with Crippen LogP contribution < -0.4 is 4.90 Å². The normalized spacial score (nSPS) is 19.7. The molecule has 1 aromatic carbocycles. The summed E-state index contributed by atoms with van der Waals surface area (Å²) >= 11 is 0. The van der Waals surface area contributed by atoms with Gasteiger partial charge >= 0.3 is 0 Å². The van der Waals surface area contributed by atoms with Crippen LogP contribution in [-0.4, -0.2) is 24.6 Å². The van der Waals surface area contributed by atoms with Gasteiger partial charge in [-0.25, -0.2) is 9.79 Å². The molecule has 0 N–H and O–H groups in total. The van der Waals surface area contributed by atoms with Gasteiger partial charge in [-0.2, -0.15) is 0 Å². The van der Waals surface area contributed by atoms with E-state index in [1.807, 2.05) is 31.2 Å². The van der Waals surface area contributed by atoms with Crippen molar-refractivity contribution in [3.63, 3.8) is 0 Å². The van der Waals surface area contributed by atoms with Gasteiger partial charge in [0.2, 0.25) is 12.0 Å². The first-order valence-electron chi connectivity index (χ1n) is 5.14. The first-order chi connectivity index (χ1) is 7.70. The number of isocyanates is 1. The van der Waals surface area contributed by atoms with Gasteiger partial charge in [-0.3, -0.25) is 4.79 Å². The summed E-state index contributed by atoms with van der Waals surface area (Å²) in [6, 6.07) is 7.48. The fourth-order valence-corrected chi connectivity index (χ4v) is 1.90. The Labute approximate surface area is 93.6 Å². The summed E-state index contributed by atoms with van der Waals surface area (Å²) in [5, 5.41) is 0. The molecule has 0 aromatic heterocycles. The monoisotopic (exact) mass is 216 g/mol. The van der Waals surface area contributed by atoms with Crippen molar-refractivity contribution in [2.75, 3.05) is 11.4 Å². The third-order valence-corrected chi connectivity index (χ3v) is 2.65. The molecule has 0 aliphatic carbocycles. The van der Waals surface area contributed by atoms with Gasteiger partial charge in [0, 0.05) is 12.2 Å². The number of benzene rings is 1.